The van der Waals surface area contributed by atoms with E-state index in [-0.39, 0.29) is 17.7 Å². The fourth-order valence-corrected chi connectivity index (χ4v) is 1.13. The molecule has 6 heteroatoms. The highest BCUT2D eigenvalue weighted by Gasteiger charge is 2.07. The summed E-state index contributed by atoms with van der Waals surface area (Å²) in [5, 5.41) is 13.6. The van der Waals surface area contributed by atoms with Gasteiger partial charge in [-0.3, -0.25) is 0 Å². The fourth-order valence-electron chi connectivity index (χ4n) is 1.01. The third-order valence-corrected chi connectivity index (χ3v) is 2.14. The second-order valence-electron chi connectivity index (χ2n) is 3.31. The largest absolute Gasteiger partial charge is 0.394 e. The summed E-state index contributed by atoms with van der Waals surface area (Å²) in [6.45, 7) is 1.48. The van der Waals surface area contributed by atoms with Crippen LogP contribution in [0.25, 0.3) is 0 Å². The highest BCUT2D eigenvalue weighted by atomic mass is 35.5. The Hall–Kier alpha value is -1.33. The number of aliphatic hydroxyl groups excluding tert-OH is 1. The Morgan fingerprint density at radius 1 is 1.62 bits per heavy atom. The number of benzene rings is 1. The van der Waals surface area contributed by atoms with E-state index in [0.717, 1.165) is 6.07 Å². The maximum Gasteiger partial charge on any atom is 0.319 e. The number of hydrogen-bond donors (Lipinski definition) is 3. The first-order valence-electron chi connectivity index (χ1n) is 4.66. The molecule has 0 saturated carbocycles. The van der Waals surface area contributed by atoms with Crippen LogP contribution in [-0.4, -0.2) is 23.8 Å². The summed E-state index contributed by atoms with van der Waals surface area (Å²) in [5.41, 5.74) is 0.296. The Morgan fingerprint density at radius 3 is 2.88 bits per heavy atom. The molecule has 1 atom stereocenters. The SMILES string of the molecule is C[C@@H](CO)NC(=O)Nc1ccc(Cl)c(F)c1. The lowest BCUT2D eigenvalue weighted by Crippen LogP contribution is -2.38. The van der Waals surface area contributed by atoms with Crippen LogP contribution in [0.5, 0.6) is 0 Å². The van der Waals surface area contributed by atoms with E-state index in [1.165, 1.54) is 12.1 Å². The van der Waals surface area contributed by atoms with E-state index in [9.17, 15) is 9.18 Å². The van der Waals surface area contributed by atoms with Crippen LogP contribution in [-0.2, 0) is 0 Å². The molecule has 1 aromatic carbocycles. The summed E-state index contributed by atoms with van der Waals surface area (Å²) >= 11 is 5.49. The van der Waals surface area contributed by atoms with Crippen molar-refractivity contribution in [2.24, 2.45) is 0 Å². The van der Waals surface area contributed by atoms with Crippen LogP contribution in [0.4, 0.5) is 14.9 Å². The molecule has 1 aromatic rings. The van der Waals surface area contributed by atoms with Crippen molar-refractivity contribution in [2.45, 2.75) is 13.0 Å². The topological polar surface area (TPSA) is 61.4 Å². The van der Waals surface area contributed by atoms with Gasteiger partial charge in [-0.1, -0.05) is 11.6 Å². The Morgan fingerprint density at radius 2 is 2.31 bits per heavy atom. The maximum absolute atomic E-state index is 13.0. The molecule has 0 bridgehead atoms. The number of rotatable bonds is 3. The number of hydrogen-bond acceptors (Lipinski definition) is 2. The molecule has 0 saturated heterocycles. The lowest BCUT2D eigenvalue weighted by molar-refractivity contribution is 0.229. The van der Waals surface area contributed by atoms with Gasteiger partial charge in [0.2, 0.25) is 0 Å². The van der Waals surface area contributed by atoms with Gasteiger partial charge in [-0.2, -0.15) is 0 Å². The van der Waals surface area contributed by atoms with Crippen molar-refractivity contribution in [1.29, 1.82) is 0 Å². The molecule has 3 N–H and O–H groups in total. The summed E-state index contributed by atoms with van der Waals surface area (Å²) in [4.78, 5) is 11.3. The van der Waals surface area contributed by atoms with Gasteiger partial charge in [-0.15, -0.1) is 0 Å². The van der Waals surface area contributed by atoms with Gasteiger partial charge in [0, 0.05) is 5.69 Å². The minimum Gasteiger partial charge on any atom is -0.394 e. The van der Waals surface area contributed by atoms with Crippen molar-refractivity contribution in [3.05, 3.63) is 29.0 Å². The summed E-state index contributed by atoms with van der Waals surface area (Å²) in [7, 11) is 0. The lowest BCUT2D eigenvalue weighted by atomic mass is 10.3. The van der Waals surface area contributed by atoms with E-state index >= 15 is 0 Å². The second-order valence-corrected chi connectivity index (χ2v) is 3.72. The summed E-state index contributed by atoms with van der Waals surface area (Å²) in [6, 6.07) is 3.07. The van der Waals surface area contributed by atoms with Crippen molar-refractivity contribution >= 4 is 23.3 Å². The molecule has 0 aromatic heterocycles. The standard InChI is InChI=1S/C10H12ClFN2O2/c1-6(5-15)13-10(16)14-7-2-3-8(11)9(12)4-7/h2-4,6,15H,5H2,1H3,(H2,13,14,16)/t6-/m0/s1. The van der Waals surface area contributed by atoms with Crippen molar-refractivity contribution in [3.63, 3.8) is 0 Å². The van der Waals surface area contributed by atoms with E-state index in [1.54, 1.807) is 6.92 Å². The van der Waals surface area contributed by atoms with Gasteiger partial charge in [0.05, 0.1) is 17.7 Å². The predicted octanol–water partition coefficient (Wildman–Crippen LogP) is 1.98. The molecule has 1 rings (SSSR count). The number of nitrogens with one attached hydrogen (secondary N) is 2. The monoisotopic (exact) mass is 246 g/mol. The number of urea groups is 1. The molecule has 88 valence electrons. The van der Waals surface area contributed by atoms with Gasteiger partial charge < -0.3 is 15.7 Å². The molecule has 0 radical (unpaired) electrons. The summed E-state index contributed by atoms with van der Waals surface area (Å²) in [5.74, 6) is -0.602. The minimum absolute atomic E-state index is 0.00492. The van der Waals surface area contributed by atoms with Gasteiger partial charge in [0.1, 0.15) is 5.82 Å². The van der Waals surface area contributed by atoms with E-state index in [2.05, 4.69) is 10.6 Å². The van der Waals surface area contributed by atoms with Gasteiger partial charge in [0.15, 0.2) is 0 Å². The molecule has 0 spiro atoms. The molecular weight excluding hydrogens is 235 g/mol. The predicted molar refractivity (Wildman–Crippen MR) is 60.1 cm³/mol. The van der Waals surface area contributed by atoms with E-state index in [1.807, 2.05) is 0 Å². The first kappa shape index (κ1) is 12.7. The van der Waals surface area contributed by atoms with E-state index in [4.69, 9.17) is 16.7 Å². The second kappa shape index (κ2) is 5.67. The van der Waals surface area contributed by atoms with Crippen LogP contribution in [0.2, 0.25) is 5.02 Å². The molecule has 16 heavy (non-hydrogen) atoms. The zero-order valence-corrected chi connectivity index (χ0v) is 9.38. The Labute approximate surface area is 97.4 Å². The molecule has 0 fully saturated rings. The zero-order valence-electron chi connectivity index (χ0n) is 8.63. The van der Waals surface area contributed by atoms with Crippen LogP contribution < -0.4 is 10.6 Å². The summed E-state index contributed by atoms with van der Waals surface area (Å²) in [6.07, 6.45) is 0. The minimum atomic E-state index is -0.602. The first-order chi connectivity index (χ1) is 7.52. The van der Waals surface area contributed by atoms with Crippen molar-refractivity contribution < 1.29 is 14.3 Å². The highest BCUT2D eigenvalue weighted by molar-refractivity contribution is 6.30. The number of carbonyl (C=O) groups excluding carboxylic acids is 1. The molecule has 0 aliphatic carbocycles. The van der Waals surface area contributed by atoms with Crippen LogP contribution in [0.3, 0.4) is 0 Å². The number of carbonyl (C=O) groups is 1. The Bertz CT molecular complexity index is 387. The Kier molecular flexibility index (Phi) is 4.52. The van der Waals surface area contributed by atoms with E-state index < -0.39 is 11.8 Å². The van der Waals surface area contributed by atoms with Gasteiger partial charge in [-0.05, 0) is 25.1 Å². The fraction of sp³-hybridized carbons (Fsp3) is 0.300. The third kappa shape index (κ3) is 3.67. The van der Waals surface area contributed by atoms with Crippen molar-refractivity contribution in [2.75, 3.05) is 11.9 Å². The van der Waals surface area contributed by atoms with Crippen LogP contribution >= 0.6 is 11.6 Å². The van der Waals surface area contributed by atoms with Gasteiger partial charge in [-0.25, -0.2) is 9.18 Å². The zero-order chi connectivity index (χ0) is 12.1. The number of aliphatic hydroxyl groups is 1. The average molecular weight is 247 g/mol. The van der Waals surface area contributed by atoms with Crippen LogP contribution in [0.15, 0.2) is 18.2 Å². The Balaban J connectivity index is 2.59. The summed E-state index contributed by atoms with van der Waals surface area (Å²) < 4.78 is 13.0. The van der Waals surface area contributed by atoms with Crippen molar-refractivity contribution in [3.8, 4) is 0 Å². The average Bonchev–Trinajstić information content (AvgIpc) is 2.23. The lowest BCUT2D eigenvalue weighted by Gasteiger charge is -2.12. The number of amides is 2. The van der Waals surface area contributed by atoms with Gasteiger partial charge >= 0.3 is 6.03 Å². The van der Waals surface area contributed by atoms with Crippen LogP contribution in [0.1, 0.15) is 6.92 Å². The van der Waals surface area contributed by atoms with Gasteiger partial charge in [0.25, 0.3) is 0 Å². The molecule has 0 aliphatic heterocycles. The third-order valence-electron chi connectivity index (χ3n) is 1.83. The van der Waals surface area contributed by atoms with E-state index in [0.29, 0.717) is 5.69 Å². The normalized spacial score (nSPS) is 12.0. The first-order valence-corrected chi connectivity index (χ1v) is 5.04. The number of anilines is 1. The smallest absolute Gasteiger partial charge is 0.319 e. The molecule has 0 aliphatic rings. The molecule has 4 nitrogen and oxygen atoms in total. The molecular formula is C10H12ClFN2O2. The molecule has 2 amide bonds. The quantitative estimate of drug-likeness (QED) is 0.764. The highest BCUT2D eigenvalue weighted by Crippen LogP contribution is 2.18. The number of halogens is 2. The molecule has 0 unspecified atom stereocenters. The van der Waals surface area contributed by atoms with Crippen LogP contribution in [0, 0.1) is 5.82 Å². The van der Waals surface area contributed by atoms with Crippen molar-refractivity contribution in [1.82, 2.24) is 5.32 Å². The molecule has 0 heterocycles. The maximum atomic E-state index is 13.0.